The van der Waals surface area contributed by atoms with E-state index in [0.29, 0.717) is 17.8 Å². The minimum absolute atomic E-state index is 0. The molecule has 0 atom stereocenters. The minimum Gasteiger partial charge on any atom is -0.369 e. The van der Waals surface area contributed by atoms with Crippen LogP contribution in [-0.2, 0) is 0 Å². The number of nitrogens with zero attached hydrogens (tertiary/aromatic N) is 4. The first-order valence-corrected chi connectivity index (χ1v) is 6.89. The molecule has 25 heavy (non-hydrogen) atoms. The molecule has 0 heterocycles. The topological polar surface area (TPSA) is 154 Å². The van der Waals surface area contributed by atoms with Crippen LogP contribution in [0.2, 0.25) is 0 Å². The van der Waals surface area contributed by atoms with Gasteiger partial charge in [-0.3, -0.25) is 0 Å². The Kier molecular flexibility index (Phi) is 6.72. The summed E-state index contributed by atoms with van der Waals surface area (Å²) in [6.45, 7) is 0. The zero-order valence-corrected chi connectivity index (χ0v) is 14.7. The van der Waals surface area contributed by atoms with Gasteiger partial charge >= 0.3 is 0 Å². The quantitative estimate of drug-likeness (QED) is 0.349. The standard InChI is InChI=1S/C15H16N8.2ClH/c16-14(17)22-20-12-7-13(21-23-15(18)19)11-6-9-4-2-1-3-8(9)5-10(11)12;;/h1-6H,7H2,(H4,16,17,22)(H4,18,19,23);2*1H/b20-12-,21-13+;;. The fraction of sp³-hybridized carbons (Fsp3) is 0.0667. The lowest BCUT2D eigenvalue weighted by atomic mass is 10.0. The number of nitrogens with two attached hydrogens (primary N) is 4. The average Bonchev–Trinajstić information content (AvgIpc) is 2.86. The first-order chi connectivity index (χ1) is 11.0. The third-order valence-corrected chi connectivity index (χ3v) is 3.41. The minimum atomic E-state index is -0.102. The van der Waals surface area contributed by atoms with Gasteiger partial charge in [0.2, 0.25) is 11.9 Å². The van der Waals surface area contributed by atoms with E-state index in [4.69, 9.17) is 22.9 Å². The Labute approximate surface area is 156 Å². The van der Waals surface area contributed by atoms with E-state index in [2.05, 4.69) is 20.4 Å². The van der Waals surface area contributed by atoms with Gasteiger partial charge in [-0.05, 0) is 22.9 Å². The first-order valence-electron chi connectivity index (χ1n) is 6.89. The van der Waals surface area contributed by atoms with E-state index in [9.17, 15) is 0 Å². The Morgan fingerprint density at radius 3 is 1.48 bits per heavy atom. The number of hydrogen-bond acceptors (Lipinski definition) is 4. The van der Waals surface area contributed by atoms with Crippen LogP contribution in [-0.4, -0.2) is 23.3 Å². The van der Waals surface area contributed by atoms with Crippen molar-refractivity contribution in [1.82, 2.24) is 0 Å². The molecule has 8 N–H and O–H groups in total. The van der Waals surface area contributed by atoms with E-state index in [1.54, 1.807) is 0 Å². The summed E-state index contributed by atoms with van der Waals surface area (Å²) in [5.74, 6) is -0.205. The van der Waals surface area contributed by atoms with Gasteiger partial charge < -0.3 is 22.9 Å². The lowest BCUT2D eigenvalue weighted by Crippen LogP contribution is -2.22. The molecule has 0 saturated carbocycles. The Morgan fingerprint density at radius 1 is 0.720 bits per heavy atom. The van der Waals surface area contributed by atoms with E-state index < -0.39 is 0 Å². The second kappa shape index (κ2) is 8.32. The molecule has 10 heteroatoms. The molecule has 1 aliphatic carbocycles. The summed E-state index contributed by atoms with van der Waals surface area (Å²) in [4.78, 5) is 0. The summed E-state index contributed by atoms with van der Waals surface area (Å²) in [6.07, 6.45) is 0.444. The highest BCUT2D eigenvalue weighted by molar-refractivity contribution is 6.29. The highest BCUT2D eigenvalue weighted by atomic mass is 35.5. The number of guanidine groups is 2. The van der Waals surface area contributed by atoms with Gasteiger partial charge in [-0.1, -0.05) is 24.3 Å². The van der Waals surface area contributed by atoms with Crippen LogP contribution in [0, 0.1) is 0 Å². The van der Waals surface area contributed by atoms with Crippen molar-refractivity contribution in [3.63, 3.8) is 0 Å². The lowest BCUT2D eigenvalue weighted by Gasteiger charge is -2.03. The maximum atomic E-state index is 5.35. The summed E-state index contributed by atoms with van der Waals surface area (Å²) in [7, 11) is 0. The molecule has 0 radical (unpaired) electrons. The summed E-state index contributed by atoms with van der Waals surface area (Å²) in [5, 5.41) is 17.9. The molecule has 0 aromatic heterocycles. The van der Waals surface area contributed by atoms with Crippen LogP contribution in [0.3, 0.4) is 0 Å². The van der Waals surface area contributed by atoms with Gasteiger partial charge in [-0.2, -0.15) is 10.2 Å². The maximum Gasteiger partial charge on any atom is 0.211 e. The molecular weight excluding hydrogens is 363 g/mol. The molecule has 8 nitrogen and oxygen atoms in total. The van der Waals surface area contributed by atoms with Crippen molar-refractivity contribution in [3.05, 3.63) is 47.5 Å². The number of benzene rings is 2. The van der Waals surface area contributed by atoms with Crippen LogP contribution in [0.25, 0.3) is 10.8 Å². The van der Waals surface area contributed by atoms with Crippen LogP contribution in [0.5, 0.6) is 0 Å². The van der Waals surface area contributed by atoms with E-state index in [0.717, 1.165) is 21.9 Å². The van der Waals surface area contributed by atoms with Gasteiger partial charge in [0.05, 0.1) is 11.4 Å². The zero-order valence-electron chi connectivity index (χ0n) is 13.1. The molecule has 3 rings (SSSR count). The van der Waals surface area contributed by atoms with Crippen LogP contribution in [0.4, 0.5) is 0 Å². The van der Waals surface area contributed by atoms with E-state index in [-0.39, 0.29) is 36.7 Å². The summed E-state index contributed by atoms with van der Waals surface area (Å²) < 4.78 is 0. The Bertz CT molecular complexity index is 821. The Balaban J connectivity index is 0.00000156. The van der Waals surface area contributed by atoms with Gasteiger partial charge in [0.25, 0.3) is 0 Å². The number of hydrogen-bond donors (Lipinski definition) is 4. The van der Waals surface area contributed by atoms with Crippen molar-refractivity contribution >= 4 is 58.9 Å². The smallest absolute Gasteiger partial charge is 0.211 e. The van der Waals surface area contributed by atoms with Crippen molar-refractivity contribution in [2.75, 3.05) is 0 Å². The molecular formula is C15H18Cl2N8. The third kappa shape index (κ3) is 4.37. The Hall–Kier alpha value is -2.84. The van der Waals surface area contributed by atoms with Crippen molar-refractivity contribution < 1.29 is 0 Å². The van der Waals surface area contributed by atoms with Crippen LogP contribution >= 0.6 is 24.8 Å². The molecule has 0 unspecified atom stereocenters. The van der Waals surface area contributed by atoms with Gasteiger partial charge in [-0.15, -0.1) is 35.0 Å². The second-order valence-corrected chi connectivity index (χ2v) is 5.06. The van der Waals surface area contributed by atoms with Gasteiger partial charge in [-0.25, -0.2) is 0 Å². The van der Waals surface area contributed by atoms with E-state index in [1.807, 2.05) is 36.4 Å². The van der Waals surface area contributed by atoms with Crippen LogP contribution in [0.1, 0.15) is 17.5 Å². The summed E-state index contributed by atoms with van der Waals surface area (Å²) in [6, 6.07) is 12.1. The predicted octanol–water partition coefficient (Wildman–Crippen LogP) is 1.04. The SMILES string of the molecule is Cl.Cl.NC(N)=N/N=C1/C/C(=N\N=C(N)N)c2cc3ccccc3cc21. The van der Waals surface area contributed by atoms with Crippen LogP contribution in [0.15, 0.2) is 56.8 Å². The van der Waals surface area contributed by atoms with Crippen molar-refractivity contribution in [2.45, 2.75) is 6.42 Å². The molecule has 0 bridgehead atoms. The number of rotatable bonds is 2. The molecule has 0 amide bonds. The number of fused-ring (bicyclic) bond motifs is 2. The monoisotopic (exact) mass is 380 g/mol. The van der Waals surface area contributed by atoms with Gasteiger partial charge in [0.1, 0.15) is 0 Å². The molecule has 0 spiro atoms. The molecule has 2 aromatic carbocycles. The first kappa shape index (κ1) is 20.2. The molecule has 0 fully saturated rings. The molecule has 132 valence electrons. The summed E-state index contributed by atoms with van der Waals surface area (Å²) in [5.41, 5.74) is 24.7. The fourth-order valence-corrected chi connectivity index (χ4v) is 2.48. The molecule has 1 aliphatic rings. The molecule has 0 saturated heterocycles. The Morgan fingerprint density at radius 2 is 1.12 bits per heavy atom. The highest BCUT2D eigenvalue weighted by Crippen LogP contribution is 2.28. The van der Waals surface area contributed by atoms with Gasteiger partial charge in [0.15, 0.2) is 0 Å². The van der Waals surface area contributed by atoms with E-state index in [1.165, 1.54) is 0 Å². The van der Waals surface area contributed by atoms with Crippen LogP contribution < -0.4 is 22.9 Å². The van der Waals surface area contributed by atoms with Gasteiger partial charge in [0, 0.05) is 17.5 Å². The number of halogens is 2. The maximum absolute atomic E-state index is 5.35. The molecule has 0 aliphatic heterocycles. The van der Waals surface area contributed by atoms with Crippen molar-refractivity contribution in [3.8, 4) is 0 Å². The van der Waals surface area contributed by atoms with E-state index >= 15 is 0 Å². The second-order valence-electron chi connectivity index (χ2n) is 5.06. The molecule has 2 aromatic rings. The normalized spacial score (nSPS) is 15.2. The average molecular weight is 381 g/mol. The fourth-order valence-electron chi connectivity index (χ4n) is 2.48. The predicted molar refractivity (Wildman–Crippen MR) is 108 cm³/mol. The third-order valence-electron chi connectivity index (χ3n) is 3.41. The lowest BCUT2D eigenvalue weighted by molar-refractivity contribution is 1.18. The largest absolute Gasteiger partial charge is 0.369 e. The summed E-state index contributed by atoms with van der Waals surface area (Å²) >= 11 is 0. The highest BCUT2D eigenvalue weighted by Gasteiger charge is 2.25. The zero-order chi connectivity index (χ0) is 16.4. The van der Waals surface area contributed by atoms with Crippen molar-refractivity contribution in [2.24, 2.45) is 43.3 Å². The van der Waals surface area contributed by atoms with Crippen molar-refractivity contribution in [1.29, 1.82) is 0 Å².